The van der Waals surface area contributed by atoms with Gasteiger partial charge in [-0.25, -0.2) is 0 Å². The molecule has 6 heteroatoms. The number of rotatable bonds is 4. The zero-order valence-corrected chi connectivity index (χ0v) is 14.4. The predicted octanol–water partition coefficient (Wildman–Crippen LogP) is 2.65. The molecule has 1 fully saturated rings. The highest BCUT2D eigenvalue weighted by Crippen LogP contribution is 2.56. The highest BCUT2D eigenvalue weighted by Gasteiger charge is 2.59. The van der Waals surface area contributed by atoms with Gasteiger partial charge in [0.15, 0.2) is 0 Å². The summed E-state index contributed by atoms with van der Waals surface area (Å²) in [5.74, 6) is -1.47. The van der Waals surface area contributed by atoms with Gasteiger partial charge >= 0.3 is 11.9 Å². The third-order valence-electron chi connectivity index (χ3n) is 4.52. The van der Waals surface area contributed by atoms with Gasteiger partial charge in [-0.05, 0) is 39.0 Å². The second kappa shape index (κ2) is 8.15. The van der Waals surface area contributed by atoms with Gasteiger partial charge in [-0.2, -0.15) is 0 Å². The zero-order chi connectivity index (χ0) is 17.6. The van der Waals surface area contributed by atoms with Crippen LogP contribution in [0.4, 0.5) is 0 Å². The molecule has 0 radical (unpaired) electrons. The Labute approximate surface area is 132 Å². The quantitative estimate of drug-likeness (QED) is 0.802. The number of aliphatic carboxylic acids is 1. The van der Waals surface area contributed by atoms with Crippen molar-refractivity contribution in [2.24, 2.45) is 16.7 Å². The molecule has 1 rings (SSSR count). The van der Waals surface area contributed by atoms with Crippen LogP contribution >= 0.6 is 0 Å². The molecule has 0 aliphatic heterocycles. The monoisotopic (exact) mass is 316 g/mol. The minimum atomic E-state index is -0.833. The molecule has 6 nitrogen and oxygen atoms in total. The van der Waals surface area contributed by atoms with E-state index in [1.54, 1.807) is 13.8 Å². The van der Waals surface area contributed by atoms with Crippen LogP contribution in [0, 0.1) is 16.7 Å². The van der Waals surface area contributed by atoms with Gasteiger partial charge in [0.25, 0.3) is 5.97 Å². The van der Waals surface area contributed by atoms with Gasteiger partial charge < -0.3 is 14.6 Å². The van der Waals surface area contributed by atoms with E-state index < -0.39 is 16.8 Å². The van der Waals surface area contributed by atoms with Crippen molar-refractivity contribution in [3.8, 4) is 0 Å². The Hall–Kier alpha value is -1.59. The van der Waals surface area contributed by atoms with Crippen LogP contribution in [0.15, 0.2) is 0 Å². The van der Waals surface area contributed by atoms with E-state index in [2.05, 4.69) is 0 Å². The molecule has 22 heavy (non-hydrogen) atoms. The molecule has 1 aliphatic rings. The minimum Gasteiger partial charge on any atom is -0.481 e. The fourth-order valence-electron chi connectivity index (χ4n) is 2.81. The molecule has 2 atom stereocenters. The number of ether oxygens (including phenoxy) is 2. The largest absolute Gasteiger partial charge is 0.481 e. The SMILES string of the molecule is CC(=O)O.CCOC(=O)[C@@H]1CC[C@](C)(C(=O)OCC)C1(C)C. The highest BCUT2D eigenvalue weighted by molar-refractivity contribution is 5.82. The van der Waals surface area contributed by atoms with Crippen molar-refractivity contribution >= 4 is 17.9 Å². The number of carboxylic acids is 1. The lowest BCUT2D eigenvalue weighted by Gasteiger charge is -2.38. The van der Waals surface area contributed by atoms with Crippen molar-refractivity contribution in [2.75, 3.05) is 13.2 Å². The fraction of sp³-hybridized carbons (Fsp3) is 0.812. The Bertz CT molecular complexity index is 411. The average Bonchev–Trinajstić information content (AvgIpc) is 2.61. The standard InChI is InChI=1S/C14H24O4.C2H4O2/c1-6-17-11(15)10-8-9-14(5,13(10,3)4)12(16)18-7-2;1-2(3)4/h10H,6-9H2,1-5H3;1H3,(H,3,4)/t10-,14+;/m0./s1. The lowest BCUT2D eigenvalue weighted by Crippen LogP contribution is -2.44. The number of carboxylic acid groups (broad SMARTS) is 1. The summed E-state index contributed by atoms with van der Waals surface area (Å²) in [5, 5.41) is 7.42. The van der Waals surface area contributed by atoms with E-state index in [9.17, 15) is 9.59 Å². The topological polar surface area (TPSA) is 89.9 Å². The maximum Gasteiger partial charge on any atom is 0.312 e. The fourth-order valence-corrected chi connectivity index (χ4v) is 2.81. The molecule has 128 valence electrons. The first-order valence-electron chi connectivity index (χ1n) is 7.57. The van der Waals surface area contributed by atoms with Crippen molar-refractivity contribution < 1.29 is 29.0 Å². The molecule has 0 amide bonds. The first kappa shape index (κ1) is 20.4. The summed E-state index contributed by atoms with van der Waals surface area (Å²) in [5.41, 5.74) is -1.05. The second-order valence-electron chi connectivity index (χ2n) is 6.14. The van der Waals surface area contributed by atoms with Gasteiger partial charge in [-0.3, -0.25) is 14.4 Å². The molecule has 0 aromatic heterocycles. The van der Waals surface area contributed by atoms with Crippen LogP contribution in [0.5, 0.6) is 0 Å². The Kier molecular flexibility index (Phi) is 7.56. The summed E-state index contributed by atoms with van der Waals surface area (Å²) in [6, 6.07) is 0. The smallest absolute Gasteiger partial charge is 0.312 e. The third kappa shape index (κ3) is 4.45. The third-order valence-corrected chi connectivity index (χ3v) is 4.52. The second-order valence-corrected chi connectivity index (χ2v) is 6.14. The van der Waals surface area contributed by atoms with Crippen molar-refractivity contribution in [3.05, 3.63) is 0 Å². The van der Waals surface area contributed by atoms with E-state index >= 15 is 0 Å². The first-order valence-corrected chi connectivity index (χ1v) is 7.57. The van der Waals surface area contributed by atoms with Gasteiger partial charge in [0.05, 0.1) is 24.5 Å². The Balaban J connectivity index is 0.000000980. The maximum absolute atomic E-state index is 12.1. The number of carbonyl (C=O) groups excluding carboxylic acids is 2. The van der Waals surface area contributed by atoms with Crippen LogP contribution in [0.2, 0.25) is 0 Å². The molecule has 1 N–H and O–H groups in total. The van der Waals surface area contributed by atoms with Crippen LogP contribution < -0.4 is 0 Å². The van der Waals surface area contributed by atoms with E-state index in [0.29, 0.717) is 26.1 Å². The van der Waals surface area contributed by atoms with Crippen LogP contribution in [0.25, 0.3) is 0 Å². The Morgan fingerprint density at radius 3 is 1.95 bits per heavy atom. The molecule has 0 unspecified atom stereocenters. The van der Waals surface area contributed by atoms with Gasteiger partial charge in [0.1, 0.15) is 0 Å². The summed E-state index contributed by atoms with van der Waals surface area (Å²) in [4.78, 5) is 33.1. The van der Waals surface area contributed by atoms with Gasteiger partial charge in [0, 0.05) is 6.92 Å². The minimum absolute atomic E-state index is 0.199. The van der Waals surface area contributed by atoms with E-state index in [0.717, 1.165) is 6.92 Å². The molecule has 0 aromatic rings. The summed E-state index contributed by atoms with van der Waals surface area (Å²) >= 11 is 0. The van der Waals surface area contributed by atoms with Crippen LogP contribution in [-0.4, -0.2) is 36.2 Å². The normalized spacial score (nSPS) is 25.6. The summed E-state index contributed by atoms with van der Waals surface area (Å²) in [6.45, 7) is 11.2. The molecule has 0 aromatic carbocycles. The molecular weight excluding hydrogens is 288 g/mol. The summed E-state index contributed by atoms with van der Waals surface area (Å²) in [7, 11) is 0. The van der Waals surface area contributed by atoms with Crippen molar-refractivity contribution in [1.29, 1.82) is 0 Å². The van der Waals surface area contributed by atoms with E-state index in [1.165, 1.54) is 0 Å². The molecule has 0 saturated heterocycles. The van der Waals surface area contributed by atoms with Gasteiger partial charge in [0.2, 0.25) is 0 Å². The lowest BCUT2D eigenvalue weighted by atomic mass is 9.65. The van der Waals surface area contributed by atoms with Crippen molar-refractivity contribution in [1.82, 2.24) is 0 Å². The van der Waals surface area contributed by atoms with E-state index in [1.807, 2.05) is 20.8 Å². The number of carbonyl (C=O) groups is 3. The zero-order valence-electron chi connectivity index (χ0n) is 14.4. The van der Waals surface area contributed by atoms with Crippen molar-refractivity contribution in [3.63, 3.8) is 0 Å². The van der Waals surface area contributed by atoms with E-state index in [4.69, 9.17) is 19.4 Å². The molecule has 0 spiro atoms. The predicted molar refractivity (Wildman–Crippen MR) is 81.2 cm³/mol. The van der Waals surface area contributed by atoms with Crippen molar-refractivity contribution in [2.45, 2.75) is 54.4 Å². The Morgan fingerprint density at radius 1 is 1.09 bits per heavy atom. The lowest BCUT2D eigenvalue weighted by molar-refractivity contribution is -0.164. The number of esters is 2. The molecule has 0 heterocycles. The average molecular weight is 316 g/mol. The van der Waals surface area contributed by atoms with Crippen LogP contribution in [0.3, 0.4) is 0 Å². The molecule has 1 saturated carbocycles. The van der Waals surface area contributed by atoms with Gasteiger partial charge in [-0.1, -0.05) is 13.8 Å². The van der Waals surface area contributed by atoms with Gasteiger partial charge in [-0.15, -0.1) is 0 Å². The van der Waals surface area contributed by atoms with Crippen LogP contribution in [0.1, 0.15) is 54.4 Å². The summed E-state index contributed by atoms with van der Waals surface area (Å²) < 4.78 is 10.3. The summed E-state index contributed by atoms with van der Waals surface area (Å²) in [6.07, 6.45) is 1.35. The highest BCUT2D eigenvalue weighted by atomic mass is 16.5. The van der Waals surface area contributed by atoms with Crippen LogP contribution in [-0.2, 0) is 23.9 Å². The first-order chi connectivity index (χ1) is 10.0. The Morgan fingerprint density at radius 2 is 1.55 bits per heavy atom. The number of hydrogen-bond donors (Lipinski definition) is 1. The molecular formula is C16H28O6. The molecule has 0 bridgehead atoms. The maximum atomic E-state index is 12.1. The number of hydrogen-bond acceptors (Lipinski definition) is 5. The molecule has 1 aliphatic carbocycles. The van der Waals surface area contributed by atoms with E-state index in [-0.39, 0.29) is 17.9 Å².